The van der Waals surface area contributed by atoms with E-state index in [0.717, 1.165) is 16.3 Å². The number of rotatable bonds is 2. The lowest BCUT2D eigenvalue weighted by molar-refractivity contribution is 0.0697. The predicted molar refractivity (Wildman–Crippen MR) is 98.3 cm³/mol. The highest BCUT2D eigenvalue weighted by molar-refractivity contribution is 6.31. The number of nitrogens with one attached hydrogen (secondary N) is 1. The van der Waals surface area contributed by atoms with Crippen LogP contribution in [0.4, 0.5) is 5.69 Å². The number of halogens is 1. The lowest BCUT2D eigenvalue weighted by Gasteiger charge is -2.44. The highest BCUT2D eigenvalue weighted by Gasteiger charge is 2.54. The van der Waals surface area contributed by atoms with Crippen molar-refractivity contribution < 1.29 is 9.90 Å². The third kappa shape index (κ3) is 2.15. The van der Waals surface area contributed by atoms with Gasteiger partial charge in [0.15, 0.2) is 0 Å². The second kappa shape index (κ2) is 5.50. The molecule has 2 bridgehead atoms. The largest absolute Gasteiger partial charge is 0.478 e. The van der Waals surface area contributed by atoms with Crippen molar-refractivity contribution in [2.24, 2.45) is 17.8 Å². The molecule has 3 aliphatic rings. The maximum absolute atomic E-state index is 11.8. The van der Waals surface area contributed by atoms with Crippen LogP contribution in [0.2, 0.25) is 5.02 Å². The molecule has 0 unspecified atom stereocenters. The molecule has 2 saturated carbocycles. The Morgan fingerprint density at radius 1 is 1.04 bits per heavy atom. The Balaban J connectivity index is 1.70. The number of aromatic carboxylic acids is 1. The summed E-state index contributed by atoms with van der Waals surface area (Å²) in [6.45, 7) is 0. The SMILES string of the molecule is O=C(O)c1cccc2c1N[C@H](c1ccccc1Cl)[C@H]1[C@H]3CC[C@@H](C3)[C@@H]21. The van der Waals surface area contributed by atoms with Gasteiger partial charge in [0.25, 0.3) is 0 Å². The summed E-state index contributed by atoms with van der Waals surface area (Å²) in [7, 11) is 0. The number of carbonyl (C=O) groups is 1. The van der Waals surface area contributed by atoms with E-state index in [9.17, 15) is 9.90 Å². The average Bonchev–Trinajstić information content (AvgIpc) is 3.23. The summed E-state index contributed by atoms with van der Waals surface area (Å²) in [5.41, 5.74) is 3.46. The zero-order valence-corrected chi connectivity index (χ0v) is 14.5. The summed E-state index contributed by atoms with van der Waals surface area (Å²) in [6, 6.07) is 13.8. The van der Waals surface area contributed by atoms with E-state index >= 15 is 0 Å². The Bertz CT molecular complexity index is 865. The Morgan fingerprint density at radius 2 is 1.80 bits per heavy atom. The first-order valence-corrected chi connectivity index (χ1v) is 9.40. The second-order valence-electron chi connectivity index (χ2n) is 7.65. The highest BCUT2D eigenvalue weighted by atomic mass is 35.5. The van der Waals surface area contributed by atoms with Crippen molar-refractivity contribution in [3.63, 3.8) is 0 Å². The van der Waals surface area contributed by atoms with Crippen LogP contribution in [0.5, 0.6) is 0 Å². The number of carboxylic acids is 1. The first-order valence-electron chi connectivity index (χ1n) is 9.02. The van der Waals surface area contributed by atoms with Crippen LogP contribution in [0, 0.1) is 17.8 Å². The first kappa shape index (κ1) is 15.3. The quantitative estimate of drug-likeness (QED) is 0.766. The van der Waals surface area contributed by atoms with E-state index in [0.29, 0.717) is 29.2 Å². The van der Waals surface area contributed by atoms with Gasteiger partial charge < -0.3 is 10.4 Å². The number of anilines is 1. The highest BCUT2D eigenvalue weighted by Crippen LogP contribution is 2.64. The molecule has 2 aromatic carbocycles. The number of carboxylic acid groups (broad SMARTS) is 1. The molecule has 2 aromatic rings. The monoisotopic (exact) mass is 353 g/mol. The molecule has 0 radical (unpaired) electrons. The first-order chi connectivity index (χ1) is 12.1. The minimum atomic E-state index is -0.871. The van der Waals surface area contributed by atoms with Gasteiger partial charge in [-0.3, -0.25) is 0 Å². The fourth-order valence-electron chi connectivity index (χ4n) is 5.73. The van der Waals surface area contributed by atoms with Gasteiger partial charge in [0.1, 0.15) is 0 Å². The van der Waals surface area contributed by atoms with Crippen molar-refractivity contribution in [3.8, 4) is 0 Å². The van der Waals surface area contributed by atoms with Gasteiger partial charge in [-0.1, -0.05) is 41.9 Å². The molecule has 5 atom stereocenters. The molecule has 0 amide bonds. The van der Waals surface area contributed by atoms with Gasteiger partial charge in [-0.2, -0.15) is 0 Å². The van der Waals surface area contributed by atoms with E-state index in [1.807, 2.05) is 24.3 Å². The molecule has 4 heteroatoms. The van der Waals surface area contributed by atoms with Crippen LogP contribution in [-0.4, -0.2) is 11.1 Å². The van der Waals surface area contributed by atoms with Gasteiger partial charge in [0, 0.05) is 5.02 Å². The van der Waals surface area contributed by atoms with E-state index in [-0.39, 0.29) is 6.04 Å². The van der Waals surface area contributed by atoms with Crippen LogP contribution in [0.15, 0.2) is 42.5 Å². The van der Waals surface area contributed by atoms with Crippen molar-refractivity contribution in [2.45, 2.75) is 31.2 Å². The van der Waals surface area contributed by atoms with Crippen molar-refractivity contribution in [1.82, 2.24) is 0 Å². The molecule has 2 fully saturated rings. The van der Waals surface area contributed by atoms with E-state index < -0.39 is 5.97 Å². The number of para-hydroxylation sites is 1. The van der Waals surface area contributed by atoms with Gasteiger partial charge in [-0.25, -0.2) is 4.79 Å². The predicted octanol–water partition coefficient (Wildman–Crippen LogP) is 5.33. The molecule has 0 saturated heterocycles. The van der Waals surface area contributed by atoms with Crippen molar-refractivity contribution in [3.05, 3.63) is 64.2 Å². The van der Waals surface area contributed by atoms with Crippen LogP contribution in [0.3, 0.4) is 0 Å². The summed E-state index contributed by atoms with van der Waals surface area (Å²) in [6.07, 6.45) is 3.80. The molecule has 0 aromatic heterocycles. The maximum atomic E-state index is 11.8. The van der Waals surface area contributed by atoms with Crippen LogP contribution < -0.4 is 5.32 Å². The van der Waals surface area contributed by atoms with Crippen molar-refractivity contribution in [1.29, 1.82) is 0 Å². The second-order valence-corrected chi connectivity index (χ2v) is 8.06. The number of fused-ring (bicyclic) bond motifs is 7. The van der Waals surface area contributed by atoms with Crippen LogP contribution >= 0.6 is 11.6 Å². The molecule has 2 aliphatic carbocycles. The fourth-order valence-corrected chi connectivity index (χ4v) is 5.98. The summed E-state index contributed by atoms with van der Waals surface area (Å²) in [5, 5.41) is 14.0. The Kier molecular flexibility index (Phi) is 3.36. The molecule has 1 aliphatic heterocycles. The Morgan fingerprint density at radius 3 is 2.60 bits per heavy atom. The normalized spacial score (nSPS) is 32.0. The Hall–Kier alpha value is -2.00. The zero-order valence-electron chi connectivity index (χ0n) is 13.8. The van der Waals surface area contributed by atoms with Crippen molar-refractivity contribution in [2.75, 3.05) is 5.32 Å². The van der Waals surface area contributed by atoms with Crippen LogP contribution in [-0.2, 0) is 0 Å². The van der Waals surface area contributed by atoms with E-state index in [1.54, 1.807) is 6.07 Å². The number of benzene rings is 2. The summed E-state index contributed by atoms with van der Waals surface area (Å²) >= 11 is 6.52. The molecular formula is C21H20ClNO2. The summed E-state index contributed by atoms with van der Waals surface area (Å²) in [5.74, 6) is 1.44. The summed E-state index contributed by atoms with van der Waals surface area (Å²) in [4.78, 5) is 11.8. The number of hydrogen-bond acceptors (Lipinski definition) is 2. The van der Waals surface area contributed by atoms with Gasteiger partial charge in [0.05, 0.1) is 17.3 Å². The van der Waals surface area contributed by atoms with Crippen LogP contribution in [0.1, 0.15) is 52.7 Å². The minimum absolute atomic E-state index is 0.0852. The molecule has 3 nitrogen and oxygen atoms in total. The Labute approximate surface area is 152 Å². The van der Waals surface area contributed by atoms with Crippen molar-refractivity contribution >= 4 is 23.3 Å². The average molecular weight is 354 g/mol. The van der Waals surface area contributed by atoms with Gasteiger partial charge in [-0.05, 0) is 66.2 Å². The molecule has 0 spiro atoms. The third-order valence-electron chi connectivity index (χ3n) is 6.59. The summed E-state index contributed by atoms with van der Waals surface area (Å²) < 4.78 is 0. The van der Waals surface area contributed by atoms with E-state index in [1.165, 1.54) is 24.8 Å². The van der Waals surface area contributed by atoms with E-state index in [2.05, 4.69) is 17.4 Å². The van der Waals surface area contributed by atoms with E-state index in [4.69, 9.17) is 11.6 Å². The fraction of sp³-hybridized carbons (Fsp3) is 0.381. The van der Waals surface area contributed by atoms with Gasteiger partial charge >= 0.3 is 5.97 Å². The third-order valence-corrected chi connectivity index (χ3v) is 6.94. The van der Waals surface area contributed by atoms with Gasteiger partial charge in [-0.15, -0.1) is 0 Å². The molecule has 2 N–H and O–H groups in total. The standard InChI is InChI=1S/C21H20ClNO2/c22-16-7-2-1-4-13(16)20-18-12-9-8-11(10-12)17(18)14-5-3-6-15(21(24)25)19(14)23-20/h1-7,11-12,17-18,20,23H,8-10H2,(H,24,25)/t11-,12-,17-,18-,20+/m0/s1. The lowest BCUT2D eigenvalue weighted by atomic mass is 9.67. The molecule has 5 rings (SSSR count). The maximum Gasteiger partial charge on any atom is 0.337 e. The topological polar surface area (TPSA) is 49.3 Å². The smallest absolute Gasteiger partial charge is 0.337 e. The molecule has 128 valence electrons. The number of hydrogen-bond donors (Lipinski definition) is 2. The molecular weight excluding hydrogens is 334 g/mol. The zero-order chi connectivity index (χ0) is 17.1. The minimum Gasteiger partial charge on any atom is -0.478 e. The lowest BCUT2D eigenvalue weighted by Crippen LogP contribution is -2.36. The molecule has 25 heavy (non-hydrogen) atoms. The molecule has 1 heterocycles. The van der Waals surface area contributed by atoms with Crippen LogP contribution in [0.25, 0.3) is 0 Å². The van der Waals surface area contributed by atoms with Gasteiger partial charge in [0.2, 0.25) is 0 Å².